The van der Waals surface area contributed by atoms with Gasteiger partial charge in [0.15, 0.2) is 0 Å². The maximum absolute atomic E-state index is 13.9. The second-order valence-corrected chi connectivity index (χ2v) is 13.4. The number of Topliss-reactive ketones (excluding diaryl/α,β-unsaturated/α-hetero) is 1. The highest BCUT2D eigenvalue weighted by Gasteiger charge is 2.33. The molecule has 232 valence electrons. The standard InChI is InChI=1S/C33H40F3N3O3S/c1-21(40)10-15-25(16-22-11-13-23(14-12-22)20-37-31(41)42-32(2,3)4)29-38-39-30(43-29)27-17-26(24-8-6-5-7-9-24)18-28(19-27)33(34,35)36/h11-14,17-19,24-25H,5-10,15-16,20H2,1-4H3,(H,37,41)/t25-/m0/s1. The predicted octanol–water partition coefficient (Wildman–Crippen LogP) is 8.99. The summed E-state index contributed by atoms with van der Waals surface area (Å²) in [6.07, 6.45) is 1.54. The maximum Gasteiger partial charge on any atom is 0.416 e. The molecule has 0 bridgehead atoms. The van der Waals surface area contributed by atoms with Gasteiger partial charge in [0.25, 0.3) is 0 Å². The molecule has 1 aliphatic rings. The fourth-order valence-electron chi connectivity index (χ4n) is 5.38. The number of alkyl carbamates (subject to hydrolysis) is 1. The van der Waals surface area contributed by atoms with Crippen LogP contribution in [-0.2, 0) is 28.7 Å². The van der Waals surface area contributed by atoms with Crippen molar-refractivity contribution in [2.24, 2.45) is 0 Å². The summed E-state index contributed by atoms with van der Waals surface area (Å²) in [5.41, 5.74) is 1.85. The molecule has 1 amide bonds. The van der Waals surface area contributed by atoms with Gasteiger partial charge in [-0.05, 0) is 94.2 Å². The summed E-state index contributed by atoms with van der Waals surface area (Å²) in [6.45, 7) is 7.28. The van der Waals surface area contributed by atoms with Crippen molar-refractivity contribution in [2.45, 2.75) is 109 Å². The first-order chi connectivity index (χ1) is 20.3. The summed E-state index contributed by atoms with van der Waals surface area (Å²) in [7, 11) is 0. The van der Waals surface area contributed by atoms with Crippen LogP contribution in [0.5, 0.6) is 0 Å². The molecule has 2 aromatic carbocycles. The SMILES string of the molecule is CC(=O)CC[C@@H](Cc1ccc(CNC(=O)OC(C)(C)C)cc1)c1nnc(-c2cc(C3CCCCC3)cc(C(F)(F)F)c2)s1. The first-order valence-electron chi connectivity index (χ1n) is 14.9. The number of carbonyl (C=O) groups excluding carboxylic acids is 2. The Labute approximate surface area is 255 Å². The van der Waals surface area contributed by atoms with Gasteiger partial charge in [-0.1, -0.05) is 54.9 Å². The maximum atomic E-state index is 13.9. The van der Waals surface area contributed by atoms with Gasteiger partial charge in [-0.25, -0.2) is 4.79 Å². The molecule has 0 radical (unpaired) electrons. The molecule has 0 unspecified atom stereocenters. The highest BCUT2D eigenvalue weighted by Crippen LogP contribution is 2.40. The van der Waals surface area contributed by atoms with Gasteiger partial charge < -0.3 is 14.8 Å². The van der Waals surface area contributed by atoms with Gasteiger partial charge in [0, 0.05) is 24.4 Å². The number of rotatable bonds is 10. The zero-order valence-corrected chi connectivity index (χ0v) is 26.0. The molecule has 10 heteroatoms. The molecular formula is C33H40F3N3O3S. The normalized spacial score (nSPS) is 15.2. The highest BCUT2D eigenvalue weighted by atomic mass is 32.1. The van der Waals surface area contributed by atoms with Gasteiger partial charge in [-0.3, -0.25) is 0 Å². The molecule has 0 saturated heterocycles. The molecule has 0 aliphatic heterocycles. The number of ketones is 1. The summed E-state index contributed by atoms with van der Waals surface area (Å²) in [6, 6.07) is 12.1. The molecule has 4 rings (SSSR count). The van der Waals surface area contributed by atoms with Crippen molar-refractivity contribution in [3.63, 3.8) is 0 Å². The van der Waals surface area contributed by atoms with Crippen molar-refractivity contribution < 1.29 is 27.5 Å². The lowest BCUT2D eigenvalue weighted by Crippen LogP contribution is -2.32. The van der Waals surface area contributed by atoms with E-state index in [4.69, 9.17) is 4.74 Å². The number of benzene rings is 2. The van der Waals surface area contributed by atoms with Crippen LogP contribution in [0.4, 0.5) is 18.0 Å². The third kappa shape index (κ3) is 9.88. The summed E-state index contributed by atoms with van der Waals surface area (Å²) in [5, 5.41) is 12.6. The number of alkyl halides is 3. The van der Waals surface area contributed by atoms with E-state index in [-0.39, 0.29) is 17.6 Å². The van der Waals surface area contributed by atoms with Gasteiger partial charge in [-0.15, -0.1) is 10.2 Å². The van der Waals surface area contributed by atoms with E-state index in [9.17, 15) is 22.8 Å². The second-order valence-electron chi connectivity index (χ2n) is 12.4. The smallest absolute Gasteiger partial charge is 0.416 e. The van der Waals surface area contributed by atoms with Crippen LogP contribution in [-0.4, -0.2) is 27.7 Å². The number of nitrogens with zero attached hydrogens (tertiary/aromatic N) is 2. The van der Waals surface area contributed by atoms with Crippen LogP contribution in [0.1, 0.15) is 112 Å². The largest absolute Gasteiger partial charge is 0.444 e. The molecule has 1 N–H and O–H groups in total. The minimum Gasteiger partial charge on any atom is -0.444 e. The van der Waals surface area contributed by atoms with Crippen LogP contribution in [0.3, 0.4) is 0 Å². The monoisotopic (exact) mass is 615 g/mol. The van der Waals surface area contributed by atoms with Crippen molar-refractivity contribution >= 4 is 23.2 Å². The molecule has 1 atom stereocenters. The number of hydrogen-bond donors (Lipinski definition) is 1. The van der Waals surface area contributed by atoms with Crippen LogP contribution in [0.15, 0.2) is 42.5 Å². The average molecular weight is 616 g/mol. The van der Waals surface area contributed by atoms with Crippen molar-refractivity contribution in [1.82, 2.24) is 15.5 Å². The average Bonchev–Trinajstić information content (AvgIpc) is 3.44. The van der Waals surface area contributed by atoms with E-state index in [0.717, 1.165) is 48.8 Å². The number of nitrogens with one attached hydrogen (secondary N) is 1. The van der Waals surface area contributed by atoms with E-state index < -0.39 is 23.4 Å². The van der Waals surface area contributed by atoms with E-state index in [1.165, 1.54) is 23.5 Å². The lowest BCUT2D eigenvalue weighted by atomic mass is 9.83. The van der Waals surface area contributed by atoms with Gasteiger partial charge in [-0.2, -0.15) is 13.2 Å². The number of aromatic nitrogens is 2. The van der Waals surface area contributed by atoms with Crippen LogP contribution < -0.4 is 5.32 Å². The van der Waals surface area contributed by atoms with E-state index in [1.54, 1.807) is 27.7 Å². The lowest BCUT2D eigenvalue weighted by molar-refractivity contribution is -0.137. The Balaban J connectivity index is 1.53. The minimum atomic E-state index is -4.45. The van der Waals surface area contributed by atoms with Crippen molar-refractivity contribution in [1.29, 1.82) is 0 Å². The van der Waals surface area contributed by atoms with E-state index in [2.05, 4.69) is 15.5 Å². The zero-order chi connectivity index (χ0) is 31.2. The first-order valence-corrected chi connectivity index (χ1v) is 15.7. The van der Waals surface area contributed by atoms with Crippen LogP contribution in [0.25, 0.3) is 10.6 Å². The predicted molar refractivity (Wildman–Crippen MR) is 162 cm³/mol. The Morgan fingerprint density at radius 1 is 1.00 bits per heavy atom. The van der Waals surface area contributed by atoms with Crippen LogP contribution in [0.2, 0.25) is 0 Å². The Morgan fingerprint density at radius 2 is 1.67 bits per heavy atom. The van der Waals surface area contributed by atoms with Crippen LogP contribution >= 0.6 is 11.3 Å². The molecule has 1 fully saturated rings. The summed E-state index contributed by atoms with van der Waals surface area (Å²) in [5.74, 6) is 0.0608. The van der Waals surface area contributed by atoms with Gasteiger partial charge >= 0.3 is 12.3 Å². The van der Waals surface area contributed by atoms with E-state index >= 15 is 0 Å². The lowest BCUT2D eigenvalue weighted by Gasteiger charge is -2.23. The molecular weight excluding hydrogens is 575 g/mol. The number of halogens is 3. The van der Waals surface area contributed by atoms with Crippen molar-refractivity contribution in [3.8, 4) is 10.6 Å². The van der Waals surface area contributed by atoms with Crippen molar-refractivity contribution in [2.75, 3.05) is 0 Å². The Hall–Kier alpha value is -3.27. The third-order valence-electron chi connectivity index (χ3n) is 7.58. The van der Waals surface area contributed by atoms with Gasteiger partial charge in [0.05, 0.1) is 5.56 Å². The fourth-order valence-corrected chi connectivity index (χ4v) is 6.35. The number of amides is 1. The molecule has 0 spiro atoms. The molecule has 1 aliphatic carbocycles. The molecule has 1 saturated carbocycles. The minimum absolute atomic E-state index is 0.0632. The topological polar surface area (TPSA) is 81.2 Å². The zero-order valence-electron chi connectivity index (χ0n) is 25.2. The first kappa shape index (κ1) is 32.6. The van der Waals surface area contributed by atoms with Crippen molar-refractivity contribution in [3.05, 3.63) is 69.7 Å². The Morgan fingerprint density at radius 3 is 2.30 bits per heavy atom. The number of hydrogen-bond acceptors (Lipinski definition) is 6. The Kier molecular flexibility index (Phi) is 10.6. The molecule has 3 aromatic rings. The van der Waals surface area contributed by atoms with Gasteiger partial charge in [0.2, 0.25) is 0 Å². The number of carbonyl (C=O) groups is 2. The third-order valence-corrected chi connectivity index (χ3v) is 8.72. The van der Waals surface area contributed by atoms with E-state index in [0.29, 0.717) is 41.4 Å². The van der Waals surface area contributed by atoms with Crippen LogP contribution in [0, 0.1) is 0 Å². The summed E-state index contributed by atoms with van der Waals surface area (Å²) in [4.78, 5) is 23.8. The quantitative estimate of drug-likeness (QED) is 0.246. The van der Waals surface area contributed by atoms with Gasteiger partial charge in [0.1, 0.15) is 21.4 Å². The summed E-state index contributed by atoms with van der Waals surface area (Å²) < 4.78 is 46.9. The molecule has 1 aromatic heterocycles. The highest BCUT2D eigenvalue weighted by molar-refractivity contribution is 7.14. The molecule has 6 nitrogen and oxygen atoms in total. The second kappa shape index (κ2) is 14.0. The molecule has 1 heterocycles. The summed E-state index contributed by atoms with van der Waals surface area (Å²) >= 11 is 1.30. The number of ether oxygens (including phenoxy) is 1. The Bertz CT molecular complexity index is 1390. The van der Waals surface area contributed by atoms with E-state index in [1.807, 2.05) is 30.3 Å². The molecule has 43 heavy (non-hydrogen) atoms. The fraction of sp³-hybridized carbons (Fsp3) is 0.515.